The molecule has 0 unspecified atom stereocenters. The fourth-order valence-corrected chi connectivity index (χ4v) is 2.31. The number of aliphatic hydroxyl groups excluding tert-OH is 1. The number of H-pyrrole nitrogens is 1. The minimum atomic E-state index is -0.593. The summed E-state index contributed by atoms with van der Waals surface area (Å²) in [6.07, 6.45) is -0.144. The van der Waals surface area contributed by atoms with Crippen LogP contribution in [-0.2, 0) is 0 Å². The predicted octanol–water partition coefficient (Wildman–Crippen LogP) is 1.81. The quantitative estimate of drug-likeness (QED) is 0.669. The van der Waals surface area contributed by atoms with Gasteiger partial charge >= 0.3 is 0 Å². The summed E-state index contributed by atoms with van der Waals surface area (Å²) >= 11 is 0. The fraction of sp³-hybridized carbons (Fsp3) is 0.188. The molecule has 0 saturated heterocycles. The highest BCUT2D eigenvalue weighted by Gasteiger charge is 2.13. The fourth-order valence-electron chi connectivity index (χ4n) is 2.31. The number of aromatic nitrogens is 3. The standard InChI is InChI=1S/C16H16N4O2/c21-14(11-5-2-1-3-6-11)9-10-17-16(22)12-7-4-8-13-15(12)19-20-18-13/h1-8,14,21H,9-10H2,(H,17,22)(H,18,19,20)/t14-/m1/s1. The van der Waals surface area contributed by atoms with E-state index in [0.717, 1.165) is 5.56 Å². The van der Waals surface area contributed by atoms with Gasteiger partial charge in [-0.15, -0.1) is 0 Å². The first kappa shape index (κ1) is 14.2. The first-order valence-corrected chi connectivity index (χ1v) is 7.06. The lowest BCUT2D eigenvalue weighted by molar-refractivity contribution is 0.0944. The molecule has 0 bridgehead atoms. The smallest absolute Gasteiger partial charge is 0.253 e. The summed E-state index contributed by atoms with van der Waals surface area (Å²) in [6.45, 7) is 0.378. The molecule has 0 spiro atoms. The molecular formula is C16H16N4O2. The van der Waals surface area contributed by atoms with E-state index in [9.17, 15) is 9.90 Å². The zero-order valence-corrected chi connectivity index (χ0v) is 11.9. The number of fused-ring (bicyclic) bond motifs is 1. The SMILES string of the molecule is O=C(NCC[C@@H](O)c1ccccc1)c1cccc2n[nH]nc12. The Morgan fingerprint density at radius 2 is 1.95 bits per heavy atom. The molecule has 3 N–H and O–H groups in total. The zero-order valence-electron chi connectivity index (χ0n) is 11.9. The predicted molar refractivity (Wildman–Crippen MR) is 82.2 cm³/mol. The topological polar surface area (TPSA) is 90.9 Å². The Hall–Kier alpha value is -2.73. The third-order valence-electron chi connectivity index (χ3n) is 3.48. The minimum Gasteiger partial charge on any atom is -0.388 e. The van der Waals surface area contributed by atoms with E-state index in [1.54, 1.807) is 18.2 Å². The molecular weight excluding hydrogens is 280 g/mol. The van der Waals surface area contributed by atoms with Gasteiger partial charge in [0.05, 0.1) is 11.7 Å². The molecule has 1 heterocycles. The van der Waals surface area contributed by atoms with E-state index in [2.05, 4.69) is 20.7 Å². The van der Waals surface area contributed by atoms with E-state index in [-0.39, 0.29) is 5.91 Å². The van der Waals surface area contributed by atoms with Crippen molar-refractivity contribution >= 4 is 16.9 Å². The molecule has 0 aliphatic heterocycles. The Morgan fingerprint density at radius 1 is 1.14 bits per heavy atom. The second-order valence-corrected chi connectivity index (χ2v) is 4.97. The molecule has 0 saturated carbocycles. The van der Waals surface area contributed by atoms with Gasteiger partial charge in [-0.2, -0.15) is 15.4 Å². The second kappa shape index (κ2) is 6.36. The number of benzene rings is 2. The molecule has 3 aromatic rings. The molecule has 3 rings (SSSR count). The third-order valence-corrected chi connectivity index (χ3v) is 3.48. The van der Waals surface area contributed by atoms with Crippen LogP contribution < -0.4 is 5.32 Å². The van der Waals surface area contributed by atoms with Crippen molar-refractivity contribution in [1.29, 1.82) is 0 Å². The summed E-state index contributed by atoms with van der Waals surface area (Å²) in [4.78, 5) is 12.2. The summed E-state index contributed by atoms with van der Waals surface area (Å²) in [5.41, 5.74) is 2.51. The lowest BCUT2D eigenvalue weighted by Crippen LogP contribution is -2.25. The zero-order chi connectivity index (χ0) is 15.4. The number of carbonyl (C=O) groups excluding carboxylic acids is 1. The van der Waals surface area contributed by atoms with Crippen LogP contribution in [0.2, 0.25) is 0 Å². The Labute approximate surface area is 127 Å². The van der Waals surface area contributed by atoms with Crippen molar-refractivity contribution in [3.8, 4) is 0 Å². The van der Waals surface area contributed by atoms with Gasteiger partial charge in [0, 0.05) is 6.54 Å². The molecule has 0 aliphatic carbocycles. The Balaban J connectivity index is 1.60. The normalized spacial score (nSPS) is 12.2. The van der Waals surface area contributed by atoms with Crippen LogP contribution in [0, 0.1) is 0 Å². The van der Waals surface area contributed by atoms with Gasteiger partial charge in [0.25, 0.3) is 5.91 Å². The summed E-state index contributed by atoms with van der Waals surface area (Å²) in [6, 6.07) is 14.6. The van der Waals surface area contributed by atoms with Crippen molar-refractivity contribution in [2.45, 2.75) is 12.5 Å². The summed E-state index contributed by atoms with van der Waals surface area (Å²) < 4.78 is 0. The van der Waals surface area contributed by atoms with Gasteiger partial charge in [-0.25, -0.2) is 0 Å². The number of hydrogen-bond acceptors (Lipinski definition) is 4. The molecule has 0 radical (unpaired) electrons. The van der Waals surface area contributed by atoms with E-state index in [1.807, 2.05) is 30.3 Å². The number of nitrogens with one attached hydrogen (secondary N) is 2. The van der Waals surface area contributed by atoms with Gasteiger partial charge in [0.1, 0.15) is 11.0 Å². The number of aromatic amines is 1. The largest absolute Gasteiger partial charge is 0.388 e. The number of hydrogen-bond donors (Lipinski definition) is 3. The Morgan fingerprint density at radius 3 is 2.77 bits per heavy atom. The number of rotatable bonds is 5. The Bertz CT molecular complexity index is 770. The van der Waals surface area contributed by atoms with Crippen LogP contribution in [0.3, 0.4) is 0 Å². The summed E-state index contributed by atoms with van der Waals surface area (Å²) in [5, 5.41) is 23.3. The highest BCUT2D eigenvalue weighted by molar-refractivity contribution is 6.04. The molecule has 6 heteroatoms. The average Bonchev–Trinajstić information content (AvgIpc) is 3.04. The number of carbonyl (C=O) groups is 1. The van der Waals surface area contributed by atoms with Crippen LogP contribution in [0.1, 0.15) is 28.4 Å². The number of nitrogens with zero attached hydrogens (tertiary/aromatic N) is 2. The lowest BCUT2D eigenvalue weighted by atomic mass is 10.1. The van der Waals surface area contributed by atoms with Gasteiger partial charge in [0.15, 0.2) is 0 Å². The monoisotopic (exact) mass is 296 g/mol. The van der Waals surface area contributed by atoms with Crippen molar-refractivity contribution < 1.29 is 9.90 Å². The van der Waals surface area contributed by atoms with Gasteiger partial charge in [-0.05, 0) is 24.1 Å². The van der Waals surface area contributed by atoms with Crippen LogP contribution in [0.5, 0.6) is 0 Å². The third kappa shape index (κ3) is 2.96. The highest BCUT2D eigenvalue weighted by atomic mass is 16.3. The average molecular weight is 296 g/mol. The maximum absolute atomic E-state index is 12.2. The van der Waals surface area contributed by atoms with Gasteiger partial charge in [0.2, 0.25) is 0 Å². The molecule has 0 fully saturated rings. The van der Waals surface area contributed by atoms with Crippen LogP contribution in [0.15, 0.2) is 48.5 Å². The second-order valence-electron chi connectivity index (χ2n) is 4.97. The van der Waals surface area contributed by atoms with Gasteiger partial charge in [-0.1, -0.05) is 36.4 Å². The lowest BCUT2D eigenvalue weighted by Gasteiger charge is -2.11. The van der Waals surface area contributed by atoms with Crippen LogP contribution in [0.4, 0.5) is 0 Å². The van der Waals surface area contributed by atoms with E-state index in [4.69, 9.17) is 0 Å². The minimum absolute atomic E-state index is 0.222. The van der Waals surface area contributed by atoms with Gasteiger partial charge in [-0.3, -0.25) is 4.79 Å². The van der Waals surface area contributed by atoms with Crippen molar-refractivity contribution in [3.05, 3.63) is 59.7 Å². The molecule has 112 valence electrons. The molecule has 6 nitrogen and oxygen atoms in total. The van der Waals surface area contributed by atoms with Crippen molar-refractivity contribution in [2.75, 3.05) is 6.54 Å². The van der Waals surface area contributed by atoms with Crippen molar-refractivity contribution in [3.63, 3.8) is 0 Å². The van der Waals surface area contributed by atoms with Crippen LogP contribution >= 0.6 is 0 Å². The van der Waals surface area contributed by atoms with Gasteiger partial charge < -0.3 is 10.4 Å². The van der Waals surface area contributed by atoms with E-state index in [0.29, 0.717) is 29.6 Å². The molecule has 1 atom stereocenters. The molecule has 2 aromatic carbocycles. The van der Waals surface area contributed by atoms with Crippen LogP contribution in [-0.4, -0.2) is 33.0 Å². The van der Waals surface area contributed by atoms with E-state index in [1.165, 1.54) is 0 Å². The maximum Gasteiger partial charge on any atom is 0.253 e. The summed E-state index contributed by atoms with van der Waals surface area (Å²) in [7, 11) is 0. The molecule has 1 amide bonds. The maximum atomic E-state index is 12.2. The van der Waals surface area contributed by atoms with E-state index < -0.39 is 6.10 Å². The number of para-hydroxylation sites is 1. The molecule has 1 aromatic heterocycles. The van der Waals surface area contributed by atoms with Crippen LogP contribution in [0.25, 0.3) is 11.0 Å². The molecule has 22 heavy (non-hydrogen) atoms. The van der Waals surface area contributed by atoms with Crippen molar-refractivity contribution in [1.82, 2.24) is 20.7 Å². The first-order valence-electron chi connectivity index (χ1n) is 7.06. The Kier molecular flexibility index (Phi) is 4.11. The number of amides is 1. The van der Waals surface area contributed by atoms with E-state index >= 15 is 0 Å². The first-order chi connectivity index (χ1) is 10.8. The van der Waals surface area contributed by atoms with Crippen molar-refractivity contribution in [2.24, 2.45) is 0 Å². The number of aliphatic hydroxyl groups is 1. The molecule has 0 aliphatic rings. The summed E-state index contributed by atoms with van der Waals surface area (Å²) in [5.74, 6) is -0.222. The highest BCUT2D eigenvalue weighted by Crippen LogP contribution is 2.16.